The van der Waals surface area contributed by atoms with Crippen LogP contribution in [-0.4, -0.2) is 58.5 Å². The van der Waals surface area contributed by atoms with Crippen molar-refractivity contribution in [3.63, 3.8) is 0 Å². The first kappa shape index (κ1) is 21.3. The van der Waals surface area contributed by atoms with E-state index in [2.05, 4.69) is 4.98 Å². The summed E-state index contributed by atoms with van der Waals surface area (Å²) in [7, 11) is -3.03. The Hall–Kier alpha value is -2.58. The highest BCUT2D eigenvalue weighted by molar-refractivity contribution is 7.99. The normalized spacial score (nSPS) is 19.7. The summed E-state index contributed by atoms with van der Waals surface area (Å²) in [5.74, 6) is 0.513. The zero-order chi connectivity index (χ0) is 22.1. The number of H-pyrrole nitrogens is 1. The number of carbonyl (C=O) groups excluding carboxylic acids is 1. The zero-order valence-electron chi connectivity index (χ0n) is 17.6. The fourth-order valence-corrected chi connectivity index (χ4v) is 6.75. The second-order valence-electron chi connectivity index (χ2n) is 8.38. The fourth-order valence-electron chi connectivity index (χ4n) is 4.30. The van der Waals surface area contributed by atoms with Crippen LogP contribution in [-0.2, 0) is 14.6 Å². The lowest BCUT2D eigenvalue weighted by Crippen LogP contribution is -2.43. The van der Waals surface area contributed by atoms with Crippen molar-refractivity contribution in [2.75, 3.05) is 17.3 Å². The van der Waals surface area contributed by atoms with Crippen LogP contribution in [0.15, 0.2) is 65.8 Å². The topological polar surface area (TPSA) is 83.1 Å². The molecule has 2 aromatic carbocycles. The molecule has 1 unspecified atom stereocenters. The molecule has 1 saturated heterocycles. The van der Waals surface area contributed by atoms with E-state index < -0.39 is 9.84 Å². The molecule has 2 heterocycles. The van der Waals surface area contributed by atoms with Gasteiger partial charge in [-0.25, -0.2) is 13.4 Å². The third-order valence-electron chi connectivity index (χ3n) is 5.95. The molecule has 8 heteroatoms. The fraction of sp³-hybridized carbons (Fsp3) is 0.333. The Balaban J connectivity index is 1.36. The lowest BCUT2D eigenvalue weighted by molar-refractivity contribution is -0.130. The molecular weight excluding hydrogens is 442 g/mol. The molecule has 32 heavy (non-hydrogen) atoms. The van der Waals surface area contributed by atoms with Gasteiger partial charge in [0.2, 0.25) is 5.91 Å². The van der Waals surface area contributed by atoms with Crippen molar-refractivity contribution in [2.24, 2.45) is 0 Å². The molecule has 0 bridgehead atoms. The standard InChI is InChI=1S/C24H25N3O3S2/c28-21(27(19-11-12-19)20-13-14-32(29,30)16-20)15-31-24-25-22(17-7-3-1-4-8-17)23(26-24)18-9-5-2-6-10-18/h1-10,19-20H,11-16H2,(H,25,26). The van der Waals surface area contributed by atoms with Gasteiger partial charge in [0.05, 0.1) is 28.6 Å². The monoisotopic (exact) mass is 467 g/mol. The van der Waals surface area contributed by atoms with E-state index in [9.17, 15) is 13.2 Å². The number of aromatic nitrogens is 2. The third kappa shape index (κ3) is 4.61. The molecule has 1 N–H and O–H groups in total. The predicted molar refractivity (Wildman–Crippen MR) is 127 cm³/mol. The molecule has 5 rings (SSSR count). The minimum absolute atomic E-state index is 0.00137. The van der Waals surface area contributed by atoms with Crippen LogP contribution in [0.2, 0.25) is 0 Å². The van der Waals surface area contributed by atoms with Crippen molar-refractivity contribution >= 4 is 27.5 Å². The van der Waals surface area contributed by atoms with E-state index >= 15 is 0 Å². The summed E-state index contributed by atoms with van der Waals surface area (Å²) < 4.78 is 23.9. The van der Waals surface area contributed by atoms with Crippen molar-refractivity contribution in [1.29, 1.82) is 0 Å². The van der Waals surface area contributed by atoms with E-state index in [1.165, 1.54) is 11.8 Å². The smallest absolute Gasteiger partial charge is 0.233 e. The van der Waals surface area contributed by atoms with Gasteiger partial charge in [-0.05, 0) is 19.3 Å². The van der Waals surface area contributed by atoms with Crippen molar-refractivity contribution in [3.05, 3.63) is 60.7 Å². The molecular formula is C24H25N3O3S2. The number of hydrogen-bond acceptors (Lipinski definition) is 5. The first-order valence-corrected chi connectivity index (χ1v) is 13.7. The van der Waals surface area contributed by atoms with E-state index in [1.54, 1.807) is 0 Å². The highest BCUT2D eigenvalue weighted by Gasteiger charge is 2.42. The van der Waals surface area contributed by atoms with Crippen molar-refractivity contribution in [3.8, 4) is 22.5 Å². The number of aromatic amines is 1. The summed E-state index contributed by atoms with van der Waals surface area (Å²) in [6.45, 7) is 0. The number of amides is 1. The quantitative estimate of drug-likeness (QED) is 0.531. The molecule has 1 atom stereocenters. The molecule has 3 aromatic rings. The van der Waals surface area contributed by atoms with Crippen LogP contribution < -0.4 is 0 Å². The number of nitrogens with zero attached hydrogens (tertiary/aromatic N) is 2. The number of hydrogen-bond donors (Lipinski definition) is 1. The van der Waals surface area contributed by atoms with Gasteiger partial charge >= 0.3 is 0 Å². The molecule has 1 aliphatic carbocycles. The van der Waals surface area contributed by atoms with Gasteiger partial charge in [0, 0.05) is 23.2 Å². The molecule has 1 aromatic heterocycles. The van der Waals surface area contributed by atoms with E-state index in [1.807, 2.05) is 65.6 Å². The lowest BCUT2D eigenvalue weighted by atomic mass is 10.1. The van der Waals surface area contributed by atoms with E-state index in [4.69, 9.17) is 4.98 Å². The minimum Gasteiger partial charge on any atom is -0.335 e. The van der Waals surface area contributed by atoms with E-state index in [0.29, 0.717) is 11.6 Å². The van der Waals surface area contributed by atoms with Crippen LogP contribution in [0.5, 0.6) is 0 Å². The summed E-state index contributed by atoms with van der Waals surface area (Å²) in [4.78, 5) is 23.2. The number of benzene rings is 2. The SMILES string of the molecule is O=C(CSc1nc(-c2ccccc2)c(-c2ccccc2)[nH]1)N(C1CC1)C1CCS(=O)(=O)C1. The van der Waals surface area contributed by atoms with Crippen molar-refractivity contribution in [2.45, 2.75) is 36.5 Å². The first-order chi connectivity index (χ1) is 15.5. The maximum absolute atomic E-state index is 13.1. The molecule has 0 spiro atoms. The van der Waals surface area contributed by atoms with Crippen molar-refractivity contribution < 1.29 is 13.2 Å². The van der Waals surface area contributed by atoms with Gasteiger partial charge in [-0.1, -0.05) is 72.4 Å². The Morgan fingerprint density at radius 3 is 2.22 bits per heavy atom. The highest BCUT2D eigenvalue weighted by Crippen LogP contribution is 2.35. The molecule has 166 valence electrons. The number of imidazole rings is 1. The van der Waals surface area contributed by atoms with Gasteiger partial charge in [0.1, 0.15) is 0 Å². The number of carbonyl (C=O) groups is 1. The van der Waals surface area contributed by atoms with Gasteiger partial charge in [-0.2, -0.15) is 0 Å². The van der Waals surface area contributed by atoms with Gasteiger partial charge in [-0.15, -0.1) is 0 Å². The maximum atomic E-state index is 13.1. The molecule has 6 nitrogen and oxygen atoms in total. The van der Waals surface area contributed by atoms with Gasteiger partial charge < -0.3 is 9.88 Å². The molecule has 1 saturated carbocycles. The van der Waals surface area contributed by atoms with Gasteiger partial charge in [0.15, 0.2) is 15.0 Å². The van der Waals surface area contributed by atoms with Crippen LogP contribution in [0.3, 0.4) is 0 Å². The summed E-state index contributed by atoms with van der Waals surface area (Å²) in [6, 6.07) is 20.0. The molecule has 1 amide bonds. The largest absolute Gasteiger partial charge is 0.335 e. The molecule has 2 fully saturated rings. The van der Waals surface area contributed by atoms with Crippen LogP contribution in [0.1, 0.15) is 19.3 Å². The first-order valence-electron chi connectivity index (χ1n) is 10.9. The number of nitrogens with one attached hydrogen (secondary N) is 1. The van der Waals surface area contributed by atoms with Crippen LogP contribution in [0, 0.1) is 0 Å². The Labute approximate surface area is 192 Å². The maximum Gasteiger partial charge on any atom is 0.233 e. The summed E-state index contributed by atoms with van der Waals surface area (Å²) in [6.07, 6.45) is 2.47. The Bertz CT molecular complexity index is 1150. The van der Waals surface area contributed by atoms with Crippen LogP contribution in [0.25, 0.3) is 22.5 Å². The Kier molecular flexibility index (Phi) is 5.82. The van der Waals surface area contributed by atoms with E-state index in [0.717, 1.165) is 35.4 Å². The summed E-state index contributed by atoms with van der Waals surface area (Å²) in [5, 5.41) is 0.686. The second-order valence-corrected chi connectivity index (χ2v) is 11.6. The van der Waals surface area contributed by atoms with Crippen molar-refractivity contribution in [1.82, 2.24) is 14.9 Å². The Morgan fingerprint density at radius 2 is 1.62 bits per heavy atom. The molecule has 0 radical (unpaired) electrons. The van der Waals surface area contributed by atoms with Crippen LogP contribution in [0.4, 0.5) is 0 Å². The van der Waals surface area contributed by atoms with Crippen LogP contribution >= 0.6 is 11.8 Å². The second kappa shape index (κ2) is 8.75. The zero-order valence-corrected chi connectivity index (χ0v) is 19.2. The third-order valence-corrected chi connectivity index (χ3v) is 8.56. The number of thioether (sulfide) groups is 1. The number of rotatable bonds is 7. The van der Waals surface area contributed by atoms with Gasteiger partial charge in [-0.3, -0.25) is 4.79 Å². The number of sulfone groups is 1. The summed E-state index contributed by atoms with van der Waals surface area (Å²) in [5.41, 5.74) is 3.82. The molecule has 1 aliphatic heterocycles. The molecule has 2 aliphatic rings. The van der Waals surface area contributed by atoms with E-state index in [-0.39, 0.29) is 35.2 Å². The van der Waals surface area contributed by atoms with Gasteiger partial charge in [0.25, 0.3) is 0 Å². The highest BCUT2D eigenvalue weighted by atomic mass is 32.2. The lowest BCUT2D eigenvalue weighted by Gasteiger charge is -2.28. The predicted octanol–water partition coefficient (Wildman–Crippen LogP) is 4.01. The minimum atomic E-state index is -3.03. The average Bonchev–Trinajstić information content (AvgIpc) is 3.43. The average molecular weight is 468 g/mol. The summed E-state index contributed by atoms with van der Waals surface area (Å²) >= 11 is 1.38. The Morgan fingerprint density at radius 1 is 0.969 bits per heavy atom.